The zero-order valence-electron chi connectivity index (χ0n) is 15.4. The Hall–Kier alpha value is -3.55. The molecule has 3 aromatic heterocycles. The first-order chi connectivity index (χ1) is 13.7. The number of aromatic nitrogens is 3. The van der Waals surface area contributed by atoms with Gasteiger partial charge < -0.3 is 23.9 Å². The van der Waals surface area contributed by atoms with Crippen LogP contribution in [0.4, 0.5) is 5.82 Å². The number of carbonyl (C=O) groups is 1. The minimum atomic E-state index is -0.0739. The molecule has 0 saturated carbocycles. The van der Waals surface area contributed by atoms with E-state index in [1.165, 1.54) is 6.26 Å². The third-order valence-electron chi connectivity index (χ3n) is 5.17. The summed E-state index contributed by atoms with van der Waals surface area (Å²) in [7, 11) is 1.65. The summed E-state index contributed by atoms with van der Waals surface area (Å²) in [5.41, 5.74) is 2.76. The number of H-pyrrole nitrogens is 1. The van der Waals surface area contributed by atoms with E-state index in [2.05, 4.69) is 19.9 Å². The third kappa shape index (κ3) is 2.65. The molecule has 1 aliphatic heterocycles. The average molecular weight is 377 g/mol. The molecule has 0 atom stereocenters. The standard InChI is InChI=1S/C20H19N5O3/c1-27-13-4-5-15-14(11-13)17-18(23-15)19(22-12-21-17)24-6-8-25(9-7-24)20(26)16-3-2-10-28-16/h2-5,10-12,23H,6-9H2,1H3. The quantitative estimate of drug-likeness (QED) is 0.591. The van der Waals surface area contributed by atoms with Crippen LogP contribution >= 0.6 is 0 Å². The van der Waals surface area contributed by atoms with E-state index >= 15 is 0 Å². The normalized spacial score (nSPS) is 14.8. The molecule has 0 unspecified atom stereocenters. The number of hydrogen-bond donors (Lipinski definition) is 1. The first kappa shape index (κ1) is 16.6. The maximum atomic E-state index is 12.5. The lowest BCUT2D eigenvalue weighted by molar-refractivity contribution is 0.0714. The molecule has 8 heteroatoms. The summed E-state index contributed by atoms with van der Waals surface area (Å²) in [4.78, 5) is 28.9. The highest BCUT2D eigenvalue weighted by Gasteiger charge is 2.26. The minimum Gasteiger partial charge on any atom is -0.497 e. The molecule has 4 heterocycles. The van der Waals surface area contributed by atoms with Crippen LogP contribution in [0.2, 0.25) is 0 Å². The van der Waals surface area contributed by atoms with Crippen molar-refractivity contribution in [3.05, 3.63) is 48.7 Å². The Bertz CT molecular complexity index is 1140. The van der Waals surface area contributed by atoms with Crippen LogP contribution in [0.5, 0.6) is 5.75 Å². The van der Waals surface area contributed by atoms with Crippen molar-refractivity contribution >= 4 is 33.7 Å². The largest absolute Gasteiger partial charge is 0.497 e. The first-order valence-corrected chi connectivity index (χ1v) is 9.13. The number of fused-ring (bicyclic) bond motifs is 3. The lowest BCUT2D eigenvalue weighted by Crippen LogP contribution is -2.49. The summed E-state index contributed by atoms with van der Waals surface area (Å²) in [6.07, 6.45) is 3.11. The smallest absolute Gasteiger partial charge is 0.289 e. The number of aromatic amines is 1. The Morgan fingerprint density at radius 1 is 1.18 bits per heavy atom. The van der Waals surface area contributed by atoms with Gasteiger partial charge in [-0.15, -0.1) is 0 Å². The van der Waals surface area contributed by atoms with Crippen molar-refractivity contribution in [3.8, 4) is 5.75 Å². The molecule has 1 aromatic carbocycles. The number of methoxy groups -OCH3 is 1. The van der Waals surface area contributed by atoms with Gasteiger partial charge in [0.1, 0.15) is 23.1 Å². The van der Waals surface area contributed by atoms with Gasteiger partial charge in [0.15, 0.2) is 11.6 Å². The van der Waals surface area contributed by atoms with Crippen LogP contribution in [0.15, 0.2) is 47.3 Å². The Kier molecular flexibility index (Phi) is 3.89. The second-order valence-corrected chi connectivity index (χ2v) is 6.71. The number of furan rings is 1. The minimum absolute atomic E-state index is 0.0739. The SMILES string of the molecule is COc1ccc2[nH]c3c(N4CCN(C(=O)c5ccco5)CC4)ncnc3c2c1. The molecule has 5 rings (SSSR count). The van der Waals surface area contributed by atoms with Crippen LogP contribution in [0.3, 0.4) is 0 Å². The summed E-state index contributed by atoms with van der Waals surface area (Å²) in [6.45, 7) is 2.60. The summed E-state index contributed by atoms with van der Waals surface area (Å²) in [6, 6.07) is 9.31. The van der Waals surface area contributed by atoms with E-state index in [0.29, 0.717) is 31.9 Å². The Balaban J connectivity index is 1.43. The lowest BCUT2D eigenvalue weighted by atomic mass is 10.2. The number of rotatable bonds is 3. The van der Waals surface area contributed by atoms with Gasteiger partial charge in [-0.2, -0.15) is 0 Å². The molecule has 0 spiro atoms. The highest BCUT2D eigenvalue weighted by molar-refractivity contribution is 6.08. The molecule has 1 fully saturated rings. The van der Waals surface area contributed by atoms with Gasteiger partial charge in [0.25, 0.3) is 5.91 Å². The molecule has 1 amide bonds. The Labute approximate surface area is 160 Å². The van der Waals surface area contributed by atoms with Gasteiger partial charge in [-0.25, -0.2) is 9.97 Å². The molecule has 4 aromatic rings. The van der Waals surface area contributed by atoms with Gasteiger partial charge in [0.2, 0.25) is 0 Å². The average Bonchev–Trinajstić information content (AvgIpc) is 3.41. The number of ether oxygens (including phenoxy) is 1. The van der Waals surface area contributed by atoms with Crippen LogP contribution in [0.1, 0.15) is 10.6 Å². The molecular formula is C20H19N5O3. The predicted octanol–water partition coefficient (Wildman–Crippen LogP) is 2.68. The fourth-order valence-electron chi connectivity index (χ4n) is 3.70. The van der Waals surface area contributed by atoms with Crippen LogP contribution in [-0.2, 0) is 0 Å². The van der Waals surface area contributed by atoms with Crippen molar-refractivity contribution in [1.29, 1.82) is 0 Å². The van der Waals surface area contributed by atoms with E-state index in [0.717, 1.165) is 33.5 Å². The van der Waals surface area contributed by atoms with Crippen molar-refractivity contribution in [3.63, 3.8) is 0 Å². The van der Waals surface area contributed by atoms with Crippen LogP contribution < -0.4 is 9.64 Å². The number of nitrogens with one attached hydrogen (secondary N) is 1. The molecule has 1 N–H and O–H groups in total. The number of benzene rings is 1. The molecule has 1 saturated heterocycles. The molecule has 28 heavy (non-hydrogen) atoms. The van der Waals surface area contributed by atoms with E-state index < -0.39 is 0 Å². The van der Waals surface area contributed by atoms with Crippen LogP contribution in [0, 0.1) is 0 Å². The molecule has 0 bridgehead atoms. The Morgan fingerprint density at radius 2 is 2.04 bits per heavy atom. The maximum absolute atomic E-state index is 12.5. The molecule has 8 nitrogen and oxygen atoms in total. The van der Waals surface area contributed by atoms with Gasteiger partial charge in [-0.3, -0.25) is 4.79 Å². The number of carbonyl (C=O) groups excluding carboxylic acids is 1. The van der Waals surface area contributed by atoms with E-state index in [1.54, 1.807) is 25.6 Å². The van der Waals surface area contributed by atoms with Gasteiger partial charge >= 0.3 is 0 Å². The van der Waals surface area contributed by atoms with Crippen molar-refractivity contribution in [2.45, 2.75) is 0 Å². The second kappa shape index (κ2) is 6.56. The molecular weight excluding hydrogens is 358 g/mol. The number of nitrogens with zero attached hydrogens (tertiary/aromatic N) is 4. The molecule has 0 aliphatic carbocycles. The van der Waals surface area contributed by atoms with Gasteiger partial charge in [0, 0.05) is 37.1 Å². The second-order valence-electron chi connectivity index (χ2n) is 6.71. The highest BCUT2D eigenvalue weighted by Crippen LogP contribution is 2.31. The van der Waals surface area contributed by atoms with Crippen LogP contribution in [0.25, 0.3) is 21.9 Å². The fourth-order valence-corrected chi connectivity index (χ4v) is 3.70. The van der Waals surface area contributed by atoms with Gasteiger partial charge in [-0.1, -0.05) is 0 Å². The zero-order valence-corrected chi connectivity index (χ0v) is 15.4. The molecule has 1 aliphatic rings. The van der Waals surface area contributed by atoms with Gasteiger partial charge in [-0.05, 0) is 30.3 Å². The van der Waals surface area contributed by atoms with Crippen molar-refractivity contribution in [2.24, 2.45) is 0 Å². The van der Waals surface area contributed by atoms with E-state index in [4.69, 9.17) is 9.15 Å². The lowest BCUT2D eigenvalue weighted by Gasteiger charge is -2.35. The fraction of sp³-hybridized carbons (Fsp3) is 0.250. The number of hydrogen-bond acceptors (Lipinski definition) is 6. The summed E-state index contributed by atoms with van der Waals surface area (Å²) < 4.78 is 10.6. The number of piperazine rings is 1. The summed E-state index contributed by atoms with van der Waals surface area (Å²) >= 11 is 0. The van der Waals surface area contributed by atoms with E-state index in [9.17, 15) is 4.79 Å². The molecule has 0 radical (unpaired) electrons. The Morgan fingerprint density at radius 3 is 2.79 bits per heavy atom. The molecule has 142 valence electrons. The van der Waals surface area contributed by atoms with Crippen LogP contribution in [-0.4, -0.2) is 59.0 Å². The van der Waals surface area contributed by atoms with Gasteiger partial charge in [0.05, 0.1) is 13.4 Å². The van der Waals surface area contributed by atoms with Crippen molar-refractivity contribution < 1.29 is 13.9 Å². The van der Waals surface area contributed by atoms with E-state index in [1.807, 2.05) is 23.1 Å². The highest BCUT2D eigenvalue weighted by atomic mass is 16.5. The third-order valence-corrected chi connectivity index (χ3v) is 5.17. The zero-order chi connectivity index (χ0) is 19.1. The monoisotopic (exact) mass is 377 g/mol. The predicted molar refractivity (Wildman–Crippen MR) is 105 cm³/mol. The maximum Gasteiger partial charge on any atom is 0.289 e. The van der Waals surface area contributed by atoms with Crippen molar-refractivity contribution in [1.82, 2.24) is 19.9 Å². The summed E-state index contributed by atoms with van der Waals surface area (Å²) in [5.74, 6) is 1.95. The number of anilines is 1. The van der Waals surface area contributed by atoms with Crippen molar-refractivity contribution in [2.75, 3.05) is 38.2 Å². The topological polar surface area (TPSA) is 87.5 Å². The van der Waals surface area contributed by atoms with E-state index in [-0.39, 0.29) is 5.91 Å². The first-order valence-electron chi connectivity index (χ1n) is 9.13. The number of amides is 1. The summed E-state index contributed by atoms with van der Waals surface area (Å²) in [5, 5.41) is 1.00.